The molecule has 0 heteroatoms. The van der Waals surface area contributed by atoms with Gasteiger partial charge in [0.1, 0.15) is 0 Å². The van der Waals surface area contributed by atoms with Crippen LogP contribution < -0.4 is 0 Å². The van der Waals surface area contributed by atoms with E-state index in [1.807, 2.05) is 0 Å². The maximum Gasteiger partial charge on any atom is -0.0162 e. The molecular weight excluding hydrogens is 324 g/mol. The molecule has 146 valence electrons. The first-order valence-corrected chi connectivity index (χ1v) is 11.4. The SMILES string of the molecule is CCCCCCCCC1CCC(c2ccc(-c3ccc(C)cc3)cc2)CC1. The summed E-state index contributed by atoms with van der Waals surface area (Å²) in [5.74, 6) is 1.79. The Balaban J connectivity index is 1.42. The van der Waals surface area contributed by atoms with Crippen LogP contribution >= 0.6 is 0 Å². The quantitative estimate of drug-likeness (QED) is 0.391. The number of unbranched alkanes of at least 4 members (excludes halogenated alkanes) is 5. The minimum absolute atomic E-state index is 0.790. The molecule has 27 heavy (non-hydrogen) atoms. The van der Waals surface area contributed by atoms with Gasteiger partial charge in [-0.1, -0.05) is 106 Å². The van der Waals surface area contributed by atoms with Crippen LogP contribution in [-0.2, 0) is 0 Å². The van der Waals surface area contributed by atoms with E-state index in [1.165, 1.54) is 87.3 Å². The second kappa shape index (κ2) is 10.7. The number of benzene rings is 2. The van der Waals surface area contributed by atoms with E-state index in [1.54, 1.807) is 5.56 Å². The molecule has 0 spiro atoms. The van der Waals surface area contributed by atoms with Crippen LogP contribution in [0.1, 0.15) is 94.6 Å². The molecule has 0 N–H and O–H groups in total. The molecule has 1 aliphatic rings. The van der Waals surface area contributed by atoms with E-state index < -0.39 is 0 Å². The fourth-order valence-electron chi connectivity index (χ4n) is 4.69. The fourth-order valence-corrected chi connectivity index (χ4v) is 4.69. The summed E-state index contributed by atoms with van der Waals surface area (Å²) in [6.07, 6.45) is 15.8. The molecule has 0 saturated heterocycles. The third-order valence-corrected chi connectivity index (χ3v) is 6.58. The van der Waals surface area contributed by atoms with E-state index >= 15 is 0 Å². The highest BCUT2D eigenvalue weighted by Crippen LogP contribution is 2.38. The number of aryl methyl sites for hydroxylation is 1. The summed E-state index contributed by atoms with van der Waals surface area (Å²) in [5.41, 5.74) is 5.56. The summed E-state index contributed by atoms with van der Waals surface area (Å²) in [5, 5.41) is 0. The first-order valence-electron chi connectivity index (χ1n) is 11.4. The molecule has 0 unspecified atom stereocenters. The topological polar surface area (TPSA) is 0 Å². The van der Waals surface area contributed by atoms with E-state index in [-0.39, 0.29) is 0 Å². The molecule has 0 radical (unpaired) electrons. The number of rotatable bonds is 9. The van der Waals surface area contributed by atoms with Crippen molar-refractivity contribution in [3.63, 3.8) is 0 Å². The van der Waals surface area contributed by atoms with Crippen molar-refractivity contribution in [1.82, 2.24) is 0 Å². The summed E-state index contributed by atoms with van der Waals surface area (Å²) >= 11 is 0. The van der Waals surface area contributed by atoms with Gasteiger partial charge in [0.05, 0.1) is 0 Å². The van der Waals surface area contributed by atoms with Crippen LogP contribution in [0.15, 0.2) is 48.5 Å². The molecule has 1 aliphatic carbocycles. The molecule has 0 heterocycles. The van der Waals surface area contributed by atoms with Crippen LogP contribution in [-0.4, -0.2) is 0 Å². The smallest absolute Gasteiger partial charge is 0.0162 e. The molecule has 1 saturated carbocycles. The van der Waals surface area contributed by atoms with Gasteiger partial charge in [-0.05, 0) is 61.1 Å². The van der Waals surface area contributed by atoms with Crippen molar-refractivity contribution in [2.45, 2.75) is 90.4 Å². The van der Waals surface area contributed by atoms with Crippen LogP contribution in [0.3, 0.4) is 0 Å². The van der Waals surface area contributed by atoms with Crippen molar-refractivity contribution < 1.29 is 0 Å². The molecule has 2 aromatic rings. The summed E-state index contributed by atoms with van der Waals surface area (Å²) in [7, 11) is 0. The molecule has 0 aliphatic heterocycles. The van der Waals surface area contributed by atoms with Crippen molar-refractivity contribution in [3.05, 3.63) is 59.7 Å². The van der Waals surface area contributed by atoms with Crippen molar-refractivity contribution in [2.75, 3.05) is 0 Å². The molecule has 0 amide bonds. The maximum absolute atomic E-state index is 2.38. The lowest BCUT2D eigenvalue weighted by Crippen LogP contribution is -2.13. The highest BCUT2D eigenvalue weighted by atomic mass is 14.3. The molecule has 0 nitrogen and oxygen atoms in total. The van der Waals surface area contributed by atoms with E-state index in [0.717, 1.165) is 11.8 Å². The van der Waals surface area contributed by atoms with Crippen LogP contribution in [0.5, 0.6) is 0 Å². The monoisotopic (exact) mass is 362 g/mol. The summed E-state index contributed by atoms with van der Waals surface area (Å²) in [6.45, 7) is 4.45. The normalized spacial score (nSPS) is 19.9. The van der Waals surface area contributed by atoms with Gasteiger partial charge in [-0.25, -0.2) is 0 Å². The second-order valence-corrected chi connectivity index (χ2v) is 8.76. The first-order chi connectivity index (χ1) is 13.3. The van der Waals surface area contributed by atoms with Gasteiger partial charge in [-0.3, -0.25) is 0 Å². The Morgan fingerprint density at radius 3 is 1.85 bits per heavy atom. The molecule has 2 aromatic carbocycles. The van der Waals surface area contributed by atoms with Crippen LogP contribution in [0.25, 0.3) is 11.1 Å². The largest absolute Gasteiger partial charge is 0.0654 e. The Morgan fingerprint density at radius 1 is 0.667 bits per heavy atom. The Labute approximate surface area is 167 Å². The van der Waals surface area contributed by atoms with Gasteiger partial charge in [-0.2, -0.15) is 0 Å². The van der Waals surface area contributed by atoms with Gasteiger partial charge in [0.2, 0.25) is 0 Å². The fraction of sp³-hybridized carbons (Fsp3) is 0.556. The average Bonchev–Trinajstić information content (AvgIpc) is 2.72. The molecule has 3 rings (SSSR count). The van der Waals surface area contributed by atoms with E-state index in [0.29, 0.717) is 0 Å². The van der Waals surface area contributed by atoms with E-state index in [9.17, 15) is 0 Å². The number of hydrogen-bond donors (Lipinski definition) is 0. The summed E-state index contributed by atoms with van der Waals surface area (Å²) < 4.78 is 0. The van der Waals surface area contributed by atoms with Gasteiger partial charge in [-0.15, -0.1) is 0 Å². The van der Waals surface area contributed by atoms with Crippen molar-refractivity contribution in [3.8, 4) is 11.1 Å². The Bertz CT molecular complexity index is 641. The van der Waals surface area contributed by atoms with Crippen LogP contribution in [0.2, 0.25) is 0 Å². The Hall–Kier alpha value is -1.56. The van der Waals surface area contributed by atoms with Gasteiger partial charge in [0, 0.05) is 0 Å². The Kier molecular flexibility index (Phi) is 7.99. The highest BCUT2D eigenvalue weighted by Gasteiger charge is 2.22. The average molecular weight is 363 g/mol. The molecular formula is C27H38. The van der Waals surface area contributed by atoms with Gasteiger partial charge >= 0.3 is 0 Å². The van der Waals surface area contributed by atoms with Crippen molar-refractivity contribution in [2.24, 2.45) is 5.92 Å². The van der Waals surface area contributed by atoms with Crippen LogP contribution in [0, 0.1) is 12.8 Å². The molecule has 0 bridgehead atoms. The third kappa shape index (κ3) is 6.23. The lowest BCUT2D eigenvalue weighted by Gasteiger charge is -2.29. The van der Waals surface area contributed by atoms with Gasteiger partial charge < -0.3 is 0 Å². The molecule has 0 atom stereocenters. The maximum atomic E-state index is 2.38. The van der Waals surface area contributed by atoms with E-state index in [4.69, 9.17) is 0 Å². The minimum atomic E-state index is 0.790. The molecule has 1 fully saturated rings. The predicted octanol–water partition coefficient (Wildman–Crippen LogP) is 8.69. The van der Waals surface area contributed by atoms with Gasteiger partial charge in [0.15, 0.2) is 0 Å². The number of hydrogen-bond acceptors (Lipinski definition) is 0. The van der Waals surface area contributed by atoms with Gasteiger partial charge in [0.25, 0.3) is 0 Å². The van der Waals surface area contributed by atoms with E-state index in [2.05, 4.69) is 62.4 Å². The van der Waals surface area contributed by atoms with Crippen molar-refractivity contribution >= 4 is 0 Å². The molecule has 0 aromatic heterocycles. The predicted molar refractivity (Wildman–Crippen MR) is 119 cm³/mol. The minimum Gasteiger partial charge on any atom is -0.0654 e. The first kappa shape index (κ1) is 20.2. The zero-order valence-electron chi connectivity index (χ0n) is 17.6. The third-order valence-electron chi connectivity index (χ3n) is 6.58. The zero-order valence-corrected chi connectivity index (χ0v) is 17.6. The second-order valence-electron chi connectivity index (χ2n) is 8.76. The zero-order chi connectivity index (χ0) is 18.9. The summed E-state index contributed by atoms with van der Waals surface area (Å²) in [6, 6.07) is 18.3. The summed E-state index contributed by atoms with van der Waals surface area (Å²) in [4.78, 5) is 0. The lowest BCUT2D eigenvalue weighted by molar-refractivity contribution is 0.302. The Morgan fingerprint density at radius 2 is 1.22 bits per heavy atom. The standard InChI is InChI=1S/C27H38/c1-3-4-5-6-7-8-9-23-12-16-25(17-13-23)27-20-18-26(19-21-27)24-14-10-22(2)11-15-24/h10-11,14-15,18-21,23,25H,3-9,12-13,16-17H2,1-2H3. The van der Waals surface area contributed by atoms with Crippen LogP contribution in [0.4, 0.5) is 0 Å². The lowest BCUT2D eigenvalue weighted by atomic mass is 9.77. The highest BCUT2D eigenvalue weighted by molar-refractivity contribution is 5.64. The van der Waals surface area contributed by atoms with Crippen molar-refractivity contribution in [1.29, 1.82) is 0 Å².